The molecular weight excluding hydrogens is 366 g/mol. The first-order valence-corrected chi connectivity index (χ1v) is 10.6. The quantitative estimate of drug-likeness (QED) is 0.762. The molecule has 0 spiro atoms. The first-order valence-electron chi connectivity index (χ1n) is 8.52. The molecule has 1 aliphatic heterocycles. The maximum absolute atomic E-state index is 12.4. The standard InChI is InChI=1S/C20H23NO3S2/c1-13-5-4-6-16(11-13)21-19(22)14(2)24-17-8-7-15(12-18(17)23-3)20-25-9-10-26-20/h4-8,11-12,14,20H,9-10H2,1-3H3,(H,21,22). The van der Waals surface area contributed by atoms with E-state index < -0.39 is 6.10 Å². The molecule has 1 unspecified atom stereocenters. The van der Waals surface area contributed by atoms with Crippen molar-refractivity contribution in [2.45, 2.75) is 24.5 Å². The molecule has 2 aromatic carbocycles. The van der Waals surface area contributed by atoms with E-state index in [1.54, 1.807) is 14.0 Å². The Kier molecular flexibility index (Phi) is 6.38. The number of benzene rings is 2. The van der Waals surface area contributed by atoms with Crippen LogP contribution >= 0.6 is 23.5 Å². The fourth-order valence-corrected chi connectivity index (χ4v) is 5.53. The van der Waals surface area contributed by atoms with E-state index in [0.717, 1.165) is 11.3 Å². The maximum Gasteiger partial charge on any atom is 0.265 e. The van der Waals surface area contributed by atoms with Gasteiger partial charge in [-0.1, -0.05) is 18.2 Å². The Bertz CT molecular complexity index is 775. The van der Waals surface area contributed by atoms with E-state index in [1.807, 2.05) is 66.8 Å². The molecule has 1 heterocycles. The highest BCUT2D eigenvalue weighted by Gasteiger charge is 2.21. The average molecular weight is 390 g/mol. The van der Waals surface area contributed by atoms with Gasteiger partial charge in [0, 0.05) is 17.2 Å². The van der Waals surface area contributed by atoms with Gasteiger partial charge in [-0.3, -0.25) is 4.79 Å². The fraction of sp³-hybridized carbons (Fsp3) is 0.350. The number of thioether (sulfide) groups is 2. The number of ether oxygens (including phenoxy) is 2. The van der Waals surface area contributed by atoms with Crippen LogP contribution < -0.4 is 14.8 Å². The summed E-state index contributed by atoms with van der Waals surface area (Å²) in [6.07, 6.45) is -0.634. The summed E-state index contributed by atoms with van der Waals surface area (Å²) in [7, 11) is 1.62. The number of rotatable bonds is 6. The summed E-state index contributed by atoms with van der Waals surface area (Å²) in [5.74, 6) is 3.39. The van der Waals surface area contributed by atoms with E-state index in [2.05, 4.69) is 11.4 Å². The largest absolute Gasteiger partial charge is 0.493 e. The van der Waals surface area contributed by atoms with Crippen molar-refractivity contribution < 1.29 is 14.3 Å². The number of hydrogen-bond acceptors (Lipinski definition) is 5. The Morgan fingerprint density at radius 3 is 2.62 bits per heavy atom. The molecule has 0 bridgehead atoms. The molecule has 1 aliphatic rings. The van der Waals surface area contributed by atoms with Crippen LogP contribution in [0.1, 0.15) is 22.6 Å². The van der Waals surface area contributed by atoms with Crippen LogP contribution in [0.4, 0.5) is 5.69 Å². The minimum atomic E-state index is -0.634. The number of carbonyl (C=O) groups is 1. The molecule has 2 aromatic rings. The molecule has 1 atom stereocenters. The fourth-order valence-electron chi connectivity index (χ4n) is 2.69. The molecule has 138 valence electrons. The van der Waals surface area contributed by atoms with E-state index in [-0.39, 0.29) is 5.91 Å². The second-order valence-electron chi connectivity index (χ2n) is 6.10. The Balaban J connectivity index is 1.67. The highest BCUT2D eigenvalue weighted by Crippen LogP contribution is 2.47. The van der Waals surface area contributed by atoms with E-state index in [9.17, 15) is 4.79 Å². The predicted octanol–water partition coefficient (Wildman–Crippen LogP) is 4.89. The third-order valence-corrected chi connectivity index (χ3v) is 7.14. The van der Waals surface area contributed by atoms with Crippen LogP contribution in [-0.4, -0.2) is 30.6 Å². The topological polar surface area (TPSA) is 47.6 Å². The van der Waals surface area contributed by atoms with Crippen molar-refractivity contribution in [1.82, 2.24) is 0 Å². The highest BCUT2D eigenvalue weighted by atomic mass is 32.2. The van der Waals surface area contributed by atoms with Gasteiger partial charge in [0.1, 0.15) is 0 Å². The Hall–Kier alpha value is -1.79. The normalized spacial score (nSPS) is 15.5. The minimum absolute atomic E-state index is 0.191. The van der Waals surface area contributed by atoms with Gasteiger partial charge in [0.15, 0.2) is 17.6 Å². The third-order valence-electron chi connectivity index (χ3n) is 4.04. The minimum Gasteiger partial charge on any atom is -0.493 e. The van der Waals surface area contributed by atoms with E-state index in [0.29, 0.717) is 16.1 Å². The van der Waals surface area contributed by atoms with E-state index in [1.165, 1.54) is 17.1 Å². The Morgan fingerprint density at radius 1 is 1.15 bits per heavy atom. The van der Waals surface area contributed by atoms with Crippen molar-refractivity contribution in [3.63, 3.8) is 0 Å². The summed E-state index contributed by atoms with van der Waals surface area (Å²) >= 11 is 3.89. The molecule has 3 rings (SSSR count). The SMILES string of the molecule is COc1cc(C2SCCS2)ccc1OC(C)C(=O)Nc1cccc(C)c1. The van der Waals surface area contributed by atoms with Crippen LogP contribution in [0.2, 0.25) is 0 Å². The molecule has 6 heteroatoms. The molecule has 0 aromatic heterocycles. The average Bonchev–Trinajstić information content (AvgIpc) is 3.16. The summed E-state index contributed by atoms with van der Waals surface area (Å²) in [6.45, 7) is 3.73. The van der Waals surface area contributed by atoms with Crippen LogP contribution in [0.3, 0.4) is 0 Å². The zero-order valence-corrected chi connectivity index (χ0v) is 16.8. The highest BCUT2D eigenvalue weighted by molar-refractivity contribution is 8.19. The lowest BCUT2D eigenvalue weighted by atomic mass is 10.2. The summed E-state index contributed by atoms with van der Waals surface area (Å²) < 4.78 is 11.8. The van der Waals surface area contributed by atoms with Crippen molar-refractivity contribution in [2.75, 3.05) is 23.9 Å². The number of amides is 1. The third kappa shape index (κ3) is 4.68. The van der Waals surface area contributed by atoms with Crippen LogP contribution in [0.15, 0.2) is 42.5 Å². The molecule has 1 saturated heterocycles. The lowest BCUT2D eigenvalue weighted by Gasteiger charge is -2.18. The van der Waals surface area contributed by atoms with Crippen LogP contribution in [0.5, 0.6) is 11.5 Å². The maximum atomic E-state index is 12.4. The zero-order chi connectivity index (χ0) is 18.5. The van der Waals surface area contributed by atoms with Gasteiger partial charge in [-0.15, -0.1) is 23.5 Å². The molecule has 1 fully saturated rings. The monoisotopic (exact) mass is 389 g/mol. The summed E-state index contributed by atoms with van der Waals surface area (Å²) in [5, 5.41) is 2.88. The molecule has 26 heavy (non-hydrogen) atoms. The first-order chi connectivity index (χ1) is 12.6. The number of nitrogens with one attached hydrogen (secondary N) is 1. The molecule has 1 N–H and O–H groups in total. The number of aryl methyl sites for hydroxylation is 1. The first kappa shape index (κ1) is 19.0. The van der Waals surface area contributed by atoms with Crippen molar-refractivity contribution >= 4 is 35.1 Å². The van der Waals surface area contributed by atoms with Gasteiger partial charge in [0.25, 0.3) is 5.91 Å². The van der Waals surface area contributed by atoms with Crippen LogP contribution in [0.25, 0.3) is 0 Å². The summed E-state index contributed by atoms with van der Waals surface area (Å²) in [6, 6.07) is 13.7. The second-order valence-corrected chi connectivity index (χ2v) is 8.83. The van der Waals surface area contributed by atoms with Crippen LogP contribution in [0, 0.1) is 6.92 Å². The van der Waals surface area contributed by atoms with Gasteiger partial charge >= 0.3 is 0 Å². The van der Waals surface area contributed by atoms with Crippen molar-refractivity contribution in [3.05, 3.63) is 53.6 Å². The van der Waals surface area contributed by atoms with Crippen LogP contribution in [-0.2, 0) is 4.79 Å². The molecule has 1 amide bonds. The van der Waals surface area contributed by atoms with Gasteiger partial charge in [-0.25, -0.2) is 0 Å². The number of carbonyl (C=O) groups excluding carboxylic acids is 1. The molecule has 0 aliphatic carbocycles. The predicted molar refractivity (Wildman–Crippen MR) is 111 cm³/mol. The molecule has 0 radical (unpaired) electrons. The smallest absolute Gasteiger partial charge is 0.265 e. The lowest BCUT2D eigenvalue weighted by Crippen LogP contribution is -2.30. The van der Waals surface area contributed by atoms with Gasteiger partial charge in [0.05, 0.1) is 11.7 Å². The second kappa shape index (κ2) is 8.73. The summed E-state index contributed by atoms with van der Waals surface area (Å²) in [4.78, 5) is 12.4. The Morgan fingerprint density at radius 2 is 1.92 bits per heavy atom. The van der Waals surface area contributed by atoms with E-state index in [4.69, 9.17) is 9.47 Å². The molecular formula is C20H23NO3S2. The number of methoxy groups -OCH3 is 1. The molecule has 4 nitrogen and oxygen atoms in total. The zero-order valence-electron chi connectivity index (χ0n) is 15.2. The summed E-state index contributed by atoms with van der Waals surface area (Å²) in [5.41, 5.74) is 3.08. The van der Waals surface area contributed by atoms with Gasteiger partial charge in [0.2, 0.25) is 0 Å². The number of anilines is 1. The van der Waals surface area contributed by atoms with Gasteiger partial charge in [-0.2, -0.15) is 0 Å². The van der Waals surface area contributed by atoms with Crippen molar-refractivity contribution in [2.24, 2.45) is 0 Å². The van der Waals surface area contributed by atoms with Crippen molar-refractivity contribution in [3.8, 4) is 11.5 Å². The Labute approximate surface area is 163 Å². The van der Waals surface area contributed by atoms with E-state index >= 15 is 0 Å². The van der Waals surface area contributed by atoms with Crippen molar-refractivity contribution in [1.29, 1.82) is 0 Å². The van der Waals surface area contributed by atoms with Gasteiger partial charge < -0.3 is 14.8 Å². The number of hydrogen-bond donors (Lipinski definition) is 1. The molecule has 0 saturated carbocycles. The lowest BCUT2D eigenvalue weighted by molar-refractivity contribution is -0.122. The van der Waals surface area contributed by atoms with Gasteiger partial charge in [-0.05, 0) is 49.2 Å².